The minimum absolute atomic E-state index is 0.0109. The molecule has 2 rings (SSSR count). The third-order valence-electron chi connectivity index (χ3n) is 2.42. The van der Waals surface area contributed by atoms with E-state index in [1.807, 2.05) is 6.92 Å². The molecule has 1 heterocycles. The molecule has 1 N–H and O–H groups in total. The molecule has 6 heteroatoms. The van der Waals surface area contributed by atoms with Crippen molar-refractivity contribution in [2.45, 2.75) is 6.92 Å². The summed E-state index contributed by atoms with van der Waals surface area (Å²) in [4.78, 5) is 11.9. The Bertz CT molecular complexity index is 609. The number of nitrogens with one attached hydrogen (secondary N) is 1. The SMILES string of the molecule is Cc1cc(NC(=O)c2cc(Br)ccc2F)n(C)n1. The number of anilines is 1. The summed E-state index contributed by atoms with van der Waals surface area (Å²) in [5, 5.41) is 6.71. The van der Waals surface area contributed by atoms with E-state index in [0.29, 0.717) is 10.3 Å². The van der Waals surface area contributed by atoms with Crippen LogP contribution in [0, 0.1) is 12.7 Å². The standard InChI is InChI=1S/C12H11BrFN3O/c1-7-5-11(17(2)16-7)15-12(18)9-6-8(13)3-4-10(9)14/h3-6H,1-2H3,(H,15,18). The number of halogens is 2. The normalized spacial score (nSPS) is 10.4. The van der Waals surface area contributed by atoms with E-state index in [9.17, 15) is 9.18 Å². The van der Waals surface area contributed by atoms with Crippen LogP contribution in [0.15, 0.2) is 28.7 Å². The van der Waals surface area contributed by atoms with Crippen molar-refractivity contribution in [1.29, 1.82) is 0 Å². The summed E-state index contributed by atoms with van der Waals surface area (Å²) in [5.41, 5.74) is 0.769. The monoisotopic (exact) mass is 311 g/mol. The highest BCUT2D eigenvalue weighted by Crippen LogP contribution is 2.17. The van der Waals surface area contributed by atoms with E-state index in [1.54, 1.807) is 19.2 Å². The second-order valence-electron chi connectivity index (χ2n) is 3.87. The number of rotatable bonds is 2. The molecule has 0 aliphatic rings. The van der Waals surface area contributed by atoms with Gasteiger partial charge in [-0.2, -0.15) is 5.10 Å². The third kappa shape index (κ3) is 2.59. The third-order valence-corrected chi connectivity index (χ3v) is 2.91. The fraction of sp³-hybridized carbons (Fsp3) is 0.167. The number of benzene rings is 1. The fourth-order valence-corrected chi connectivity index (χ4v) is 1.94. The van der Waals surface area contributed by atoms with E-state index >= 15 is 0 Å². The maximum Gasteiger partial charge on any atom is 0.259 e. The minimum Gasteiger partial charge on any atom is -0.307 e. The van der Waals surface area contributed by atoms with Crippen molar-refractivity contribution >= 4 is 27.7 Å². The van der Waals surface area contributed by atoms with Crippen LogP contribution in [0.5, 0.6) is 0 Å². The van der Waals surface area contributed by atoms with Crippen LogP contribution in [0.25, 0.3) is 0 Å². The Morgan fingerprint density at radius 1 is 1.44 bits per heavy atom. The first-order valence-corrected chi connectivity index (χ1v) is 6.03. The number of aryl methyl sites for hydroxylation is 2. The minimum atomic E-state index is -0.561. The van der Waals surface area contributed by atoms with Crippen molar-refractivity contribution in [3.8, 4) is 0 Å². The molecule has 4 nitrogen and oxygen atoms in total. The summed E-state index contributed by atoms with van der Waals surface area (Å²) in [6.45, 7) is 1.81. The van der Waals surface area contributed by atoms with Crippen LogP contribution in [0.1, 0.15) is 16.1 Å². The zero-order valence-electron chi connectivity index (χ0n) is 9.87. The van der Waals surface area contributed by atoms with Crippen LogP contribution < -0.4 is 5.32 Å². The van der Waals surface area contributed by atoms with Crippen LogP contribution in [0.2, 0.25) is 0 Å². The first-order valence-electron chi connectivity index (χ1n) is 5.24. The molecule has 2 aromatic rings. The summed E-state index contributed by atoms with van der Waals surface area (Å²) in [6, 6.07) is 5.94. The van der Waals surface area contributed by atoms with Crippen LogP contribution in [0.4, 0.5) is 10.2 Å². The summed E-state index contributed by atoms with van der Waals surface area (Å²) in [5.74, 6) is -0.539. The summed E-state index contributed by atoms with van der Waals surface area (Å²) in [7, 11) is 1.71. The van der Waals surface area contributed by atoms with Gasteiger partial charge in [-0.05, 0) is 25.1 Å². The highest BCUT2D eigenvalue weighted by Gasteiger charge is 2.14. The molecule has 0 aliphatic carbocycles. The Hall–Kier alpha value is -1.69. The van der Waals surface area contributed by atoms with Crippen molar-refractivity contribution < 1.29 is 9.18 Å². The largest absolute Gasteiger partial charge is 0.307 e. The lowest BCUT2D eigenvalue weighted by Crippen LogP contribution is -2.16. The number of carbonyl (C=O) groups is 1. The predicted molar refractivity (Wildman–Crippen MR) is 70.0 cm³/mol. The van der Waals surface area contributed by atoms with E-state index in [4.69, 9.17) is 0 Å². The van der Waals surface area contributed by atoms with E-state index in [-0.39, 0.29) is 5.56 Å². The van der Waals surface area contributed by atoms with Gasteiger partial charge in [0.05, 0.1) is 11.3 Å². The predicted octanol–water partition coefficient (Wildman–Crippen LogP) is 2.88. The molecule has 0 aliphatic heterocycles. The van der Waals surface area contributed by atoms with Gasteiger partial charge in [0.25, 0.3) is 5.91 Å². The number of carbonyl (C=O) groups excluding carboxylic acids is 1. The number of amides is 1. The average Bonchev–Trinajstić information content (AvgIpc) is 2.61. The molecule has 1 aromatic heterocycles. The maximum atomic E-state index is 13.5. The number of hydrogen-bond donors (Lipinski definition) is 1. The van der Waals surface area contributed by atoms with Gasteiger partial charge in [-0.25, -0.2) is 4.39 Å². The molecule has 1 aromatic carbocycles. The molecule has 0 unspecified atom stereocenters. The van der Waals surface area contributed by atoms with E-state index in [0.717, 1.165) is 5.69 Å². The van der Waals surface area contributed by atoms with Crippen molar-refractivity contribution in [2.24, 2.45) is 7.05 Å². The highest BCUT2D eigenvalue weighted by atomic mass is 79.9. The van der Waals surface area contributed by atoms with E-state index in [2.05, 4.69) is 26.3 Å². The highest BCUT2D eigenvalue weighted by molar-refractivity contribution is 9.10. The molecule has 0 radical (unpaired) electrons. The van der Waals surface area contributed by atoms with Crippen molar-refractivity contribution in [3.05, 3.63) is 45.8 Å². The van der Waals surface area contributed by atoms with Crippen LogP contribution in [0.3, 0.4) is 0 Å². The van der Waals surface area contributed by atoms with Crippen LogP contribution in [-0.4, -0.2) is 15.7 Å². The first-order chi connectivity index (χ1) is 8.47. The van der Waals surface area contributed by atoms with E-state index < -0.39 is 11.7 Å². The summed E-state index contributed by atoms with van der Waals surface area (Å²) >= 11 is 3.20. The van der Waals surface area contributed by atoms with Gasteiger partial charge in [-0.3, -0.25) is 9.48 Å². The quantitative estimate of drug-likeness (QED) is 0.927. The molecule has 0 atom stereocenters. The molecule has 0 fully saturated rings. The van der Waals surface area contributed by atoms with Gasteiger partial charge in [-0.1, -0.05) is 15.9 Å². The average molecular weight is 312 g/mol. The molecule has 94 valence electrons. The lowest BCUT2D eigenvalue weighted by atomic mass is 10.2. The smallest absolute Gasteiger partial charge is 0.259 e. The first kappa shape index (κ1) is 12.8. The zero-order valence-corrected chi connectivity index (χ0v) is 11.5. The molecular formula is C12H11BrFN3O. The van der Waals surface area contributed by atoms with Gasteiger partial charge in [0, 0.05) is 17.6 Å². The van der Waals surface area contributed by atoms with E-state index in [1.165, 1.54) is 16.8 Å². The van der Waals surface area contributed by atoms with Crippen LogP contribution in [-0.2, 0) is 7.05 Å². The number of nitrogens with zero attached hydrogens (tertiary/aromatic N) is 2. The number of hydrogen-bond acceptors (Lipinski definition) is 2. The van der Waals surface area contributed by atoms with Gasteiger partial charge in [0.2, 0.25) is 0 Å². The summed E-state index contributed by atoms with van der Waals surface area (Å²) < 4.78 is 15.7. The molecule has 18 heavy (non-hydrogen) atoms. The summed E-state index contributed by atoms with van der Waals surface area (Å²) in [6.07, 6.45) is 0. The topological polar surface area (TPSA) is 46.9 Å². The van der Waals surface area contributed by atoms with Gasteiger partial charge in [0.1, 0.15) is 11.6 Å². The Morgan fingerprint density at radius 2 is 2.17 bits per heavy atom. The number of aromatic nitrogens is 2. The lowest BCUT2D eigenvalue weighted by Gasteiger charge is -2.06. The Kier molecular flexibility index (Phi) is 3.47. The Balaban J connectivity index is 2.27. The molecule has 0 saturated carbocycles. The Morgan fingerprint density at radius 3 is 2.78 bits per heavy atom. The van der Waals surface area contributed by atoms with Gasteiger partial charge in [-0.15, -0.1) is 0 Å². The second-order valence-corrected chi connectivity index (χ2v) is 4.79. The fourth-order valence-electron chi connectivity index (χ4n) is 1.58. The van der Waals surface area contributed by atoms with Gasteiger partial charge < -0.3 is 5.32 Å². The van der Waals surface area contributed by atoms with Gasteiger partial charge >= 0.3 is 0 Å². The molecular weight excluding hydrogens is 301 g/mol. The second kappa shape index (κ2) is 4.89. The lowest BCUT2D eigenvalue weighted by molar-refractivity contribution is 0.102. The van der Waals surface area contributed by atoms with Crippen LogP contribution >= 0.6 is 15.9 Å². The van der Waals surface area contributed by atoms with Crippen molar-refractivity contribution in [1.82, 2.24) is 9.78 Å². The van der Waals surface area contributed by atoms with Crippen molar-refractivity contribution in [2.75, 3.05) is 5.32 Å². The zero-order chi connectivity index (χ0) is 13.3. The molecule has 0 saturated heterocycles. The Labute approximate surface area is 112 Å². The maximum absolute atomic E-state index is 13.5. The molecule has 1 amide bonds. The van der Waals surface area contributed by atoms with Crippen molar-refractivity contribution in [3.63, 3.8) is 0 Å². The van der Waals surface area contributed by atoms with Gasteiger partial charge in [0.15, 0.2) is 0 Å². The molecule has 0 spiro atoms. The molecule has 0 bridgehead atoms.